The van der Waals surface area contributed by atoms with E-state index in [2.05, 4.69) is 10.6 Å². The van der Waals surface area contributed by atoms with Crippen LogP contribution in [0.5, 0.6) is 0 Å². The number of hydrogen-bond donors (Lipinski definition) is 2. The van der Waals surface area contributed by atoms with Gasteiger partial charge in [0.1, 0.15) is 11.6 Å². The molecule has 1 aromatic rings. The molecule has 0 spiro atoms. The molecule has 0 aliphatic heterocycles. The number of methoxy groups -OCH3 is 1. The molecule has 31 heavy (non-hydrogen) atoms. The predicted octanol–water partition coefficient (Wildman–Crippen LogP) is 3.61. The minimum absolute atomic E-state index is 0.0312. The molecular formula is C24H36N2O5. The van der Waals surface area contributed by atoms with Gasteiger partial charge in [-0.05, 0) is 45.1 Å². The van der Waals surface area contributed by atoms with Gasteiger partial charge in [0, 0.05) is 18.4 Å². The first-order valence-electron chi connectivity index (χ1n) is 11.0. The van der Waals surface area contributed by atoms with E-state index >= 15 is 0 Å². The molecule has 1 aliphatic carbocycles. The summed E-state index contributed by atoms with van der Waals surface area (Å²) in [5.74, 6) is -1.09. The third-order valence-electron chi connectivity index (χ3n) is 5.66. The summed E-state index contributed by atoms with van der Waals surface area (Å²) in [6.45, 7) is 7.31. The molecule has 2 rings (SSSR count). The van der Waals surface area contributed by atoms with Crippen molar-refractivity contribution < 1.29 is 23.9 Å². The van der Waals surface area contributed by atoms with E-state index < -0.39 is 23.7 Å². The number of amides is 2. The molecule has 7 heteroatoms. The average Bonchev–Trinajstić information content (AvgIpc) is 2.71. The minimum Gasteiger partial charge on any atom is -0.467 e. The van der Waals surface area contributed by atoms with E-state index in [4.69, 9.17) is 9.47 Å². The number of alkyl carbamates (subject to hydrolysis) is 1. The molecule has 4 atom stereocenters. The van der Waals surface area contributed by atoms with Crippen LogP contribution in [0.4, 0.5) is 4.79 Å². The molecule has 0 saturated heterocycles. The monoisotopic (exact) mass is 432 g/mol. The first kappa shape index (κ1) is 24.7. The van der Waals surface area contributed by atoms with Crippen LogP contribution in [0.3, 0.4) is 0 Å². The summed E-state index contributed by atoms with van der Waals surface area (Å²) in [5.41, 5.74) is 0.357. The highest BCUT2D eigenvalue weighted by Gasteiger charge is 2.36. The van der Waals surface area contributed by atoms with E-state index in [0.717, 1.165) is 31.2 Å². The maximum absolute atomic E-state index is 13.1. The lowest BCUT2D eigenvalue weighted by Crippen LogP contribution is -2.51. The second-order valence-corrected chi connectivity index (χ2v) is 9.26. The first-order valence-corrected chi connectivity index (χ1v) is 11.0. The van der Waals surface area contributed by atoms with Crippen LogP contribution in [-0.2, 0) is 25.5 Å². The van der Waals surface area contributed by atoms with Crippen molar-refractivity contribution in [2.24, 2.45) is 11.8 Å². The van der Waals surface area contributed by atoms with Crippen LogP contribution in [-0.4, -0.2) is 42.8 Å². The Labute approximate surface area is 185 Å². The van der Waals surface area contributed by atoms with E-state index in [0.29, 0.717) is 6.42 Å². The number of hydrogen-bond acceptors (Lipinski definition) is 5. The number of ether oxygens (including phenoxy) is 2. The number of nitrogens with one attached hydrogen (secondary N) is 2. The molecule has 0 radical (unpaired) electrons. The van der Waals surface area contributed by atoms with Crippen LogP contribution in [0.25, 0.3) is 0 Å². The SMILES string of the molecule is COC(=O)[C@H](Cc1ccccc1)NC(=O)[C@@H](C)[C@@H]1CCCC[C@@H]1NC(=O)OC(C)(C)C. The van der Waals surface area contributed by atoms with Crippen LogP contribution >= 0.6 is 0 Å². The Bertz CT molecular complexity index is 744. The third kappa shape index (κ3) is 7.89. The number of esters is 1. The van der Waals surface area contributed by atoms with Crippen molar-refractivity contribution in [2.45, 2.75) is 77.5 Å². The van der Waals surface area contributed by atoms with Crippen molar-refractivity contribution >= 4 is 18.0 Å². The molecule has 0 bridgehead atoms. The summed E-state index contributed by atoms with van der Waals surface area (Å²) in [7, 11) is 1.32. The fourth-order valence-electron chi connectivity index (χ4n) is 4.08. The van der Waals surface area contributed by atoms with E-state index in [9.17, 15) is 14.4 Å². The predicted molar refractivity (Wildman–Crippen MR) is 118 cm³/mol. The Morgan fingerprint density at radius 3 is 2.35 bits per heavy atom. The van der Waals surface area contributed by atoms with Crippen LogP contribution in [0.15, 0.2) is 30.3 Å². The average molecular weight is 433 g/mol. The molecule has 0 aromatic heterocycles. The maximum Gasteiger partial charge on any atom is 0.407 e. The molecule has 1 aromatic carbocycles. The molecule has 7 nitrogen and oxygen atoms in total. The van der Waals surface area contributed by atoms with Crippen LogP contribution in [0, 0.1) is 11.8 Å². The summed E-state index contributed by atoms with van der Waals surface area (Å²) in [4.78, 5) is 37.6. The Morgan fingerprint density at radius 2 is 1.74 bits per heavy atom. The number of rotatable bonds is 7. The Hall–Kier alpha value is -2.57. The molecule has 0 heterocycles. The molecule has 2 N–H and O–H groups in total. The van der Waals surface area contributed by atoms with Crippen molar-refractivity contribution in [1.82, 2.24) is 10.6 Å². The summed E-state index contributed by atoms with van der Waals surface area (Å²) in [5, 5.41) is 5.82. The van der Waals surface area contributed by atoms with E-state index in [1.54, 1.807) is 0 Å². The summed E-state index contributed by atoms with van der Waals surface area (Å²) in [6, 6.07) is 8.60. The van der Waals surface area contributed by atoms with Gasteiger partial charge in [-0.25, -0.2) is 9.59 Å². The second kappa shape index (κ2) is 11.2. The molecule has 2 amide bonds. The number of benzene rings is 1. The van der Waals surface area contributed by atoms with Gasteiger partial charge in [-0.2, -0.15) is 0 Å². The van der Waals surface area contributed by atoms with Crippen molar-refractivity contribution in [3.63, 3.8) is 0 Å². The third-order valence-corrected chi connectivity index (χ3v) is 5.66. The lowest BCUT2D eigenvalue weighted by Gasteiger charge is -2.36. The molecule has 172 valence electrons. The zero-order valence-electron chi connectivity index (χ0n) is 19.3. The lowest BCUT2D eigenvalue weighted by molar-refractivity contribution is -0.145. The smallest absolute Gasteiger partial charge is 0.407 e. The molecule has 0 unspecified atom stereocenters. The Kier molecular flexibility index (Phi) is 8.89. The molecule has 1 saturated carbocycles. The summed E-state index contributed by atoms with van der Waals surface area (Å²) in [6.07, 6.45) is 3.51. The van der Waals surface area contributed by atoms with Gasteiger partial charge in [-0.1, -0.05) is 50.1 Å². The summed E-state index contributed by atoms with van der Waals surface area (Å²) >= 11 is 0. The van der Waals surface area contributed by atoms with Gasteiger partial charge in [0.2, 0.25) is 5.91 Å². The van der Waals surface area contributed by atoms with Crippen molar-refractivity contribution in [1.29, 1.82) is 0 Å². The maximum atomic E-state index is 13.1. The van der Waals surface area contributed by atoms with Gasteiger partial charge in [0.15, 0.2) is 0 Å². The molecule has 1 aliphatic rings. The Balaban J connectivity index is 2.05. The quantitative estimate of drug-likeness (QED) is 0.642. The zero-order valence-corrected chi connectivity index (χ0v) is 19.3. The second-order valence-electron chi connectivity index (χ2n) is 9.26. The topological polar surface area (TPSA) is 93.7 Å². The number of carbonyl (C=O) groups excluding carboxylic acids is 3. The van der Waals surface area contributed by atoms with Gasteiger partial charge in [0.25, 0.3) is 0 Å². The van der Waals surface area contributed by atoms with E-state index in [-0.39, 0.29) is 23.8 Å². The first-order chi connectivity index (χ1) is 14.6. The summed E-state index contributed by atoms with van der Waals surface area (Å²) < 4.78 is 10.3. The van der Waals surface area contributed by atoms with Crippen molar-refractivity contribution in [3.8, 4) is 0 Å². The van der Waals surface area contributed by atoms with E-state index in [1.165, 1.54) is 7.11 Å². The lowest BCUT2D eigenvalue weighted by atomic mass is 9.76. The highest BCUT2D eigenvalue weighted by Crippen LogP contribution is 2.31. The van der Waals surface area contributed by atoms with Gasteiger partial charge in [-0.15, -0.1) is 0 Å². The van der Waals surface area contributed by atoms with Gasteiger partial charge >= 0.3 is 12.1 Å². The van der Waals surface area contributed by atoms with Crippen LogP contribution in [0.2, 0.25) is 0 Å². The number of carbonyl (C=O) groups is 3. The molecule has 1 fully saturated rings. The van der Waals surface area contributed by atoms with E-state index in [1.807, 2.05) is 58.0 Å². The fourth-order valence-corrected chi connectivity index (χ4v) is 4.08. The highest BCUT2D eigenvalue weighted by atomic mass is 16.6. The Morgan fingerprint density at radius 1 is 1.10 bits per heavy atom. The zero-order chi connectivity index (χ0) is 23.0. The van der Waals surface area contributed by atoms with Gasteiger partial charge < -0.3 is 20.1 Å². The molecular weight excluding hydrogens is 396 g/mol. The fraction of sp³-hybridized carbons (Fsp3) is 0.625. The normalized spacial score (nSPS) is 20.8. The standard InChI is InChI=1S/C24H36N2O5/c1-16(18-13-9-10-14-19(18)26-23(29)31-24(2,3)4)21(27)25-20(22(28)30-5)15-17-11-7-6-8-12-17/h6-8,11-12,16,18-20H,9-10,13-15H2,1-5H3,(H,25,27)(H,26,29)/t16-,18-,19-,20-/m0/s1. The van der Waals surface area contributed by atoms with Gasteiger partial charge in [-0.3, -0.25) is 4.79 Å². The largest absolute Gasteiger partial charge is 0.467 e. The highest BCUT2D eigenvalue weighted by molar-refractivity contribution is 5.86. The minimum atomic E-state index is -0.761. The van der Waals surface area contributed by atoms with Crippen LogP contribution in [0.1, 0.15) is 58.9 Å². The van der Waals surface area contributed by atoms with Crippen molar-refractivity contribution in [2.75, 3.05) is 7.11 Å². The van der Waals surface area contributed by atoms with Crippen LogP contribution < -0.4 is 10.6 Å². The van der Waals surface area contributed by atoms with Gasteiger partial charge in [0.05, 0.1) is 7.11 Å². The van der Waals surface area contributed by atoms with Crippen molar-refractivity contribution in [3.05, 3.63) is 35.9 Å².